The molecule has 0 radical (unpaired) electrons. The topological polar surface area (TPSA) is 93.5 Å². The Morgan fingerprint density at radius 2 is 1.90 bits per heavy atom. The van der Waals surface area contributed by atoms with Gasteiger partial charge in [-0.2, -0.15) is 5.26 Å². The third-order valence-corrected chi connectivity index (χ3v) is 5.64. The molecule has 2 aromatic carbocycles. The van der Waals surface area contributed by atoms with Crippen molar-refractivity contribution in [3.8, 4) is 6.07 Å². The predicted molar refractivity (Wildman–Crippen MR) is 106 cm³/mol. The van der Waals surface area contributed by atoms with E-state index in [1.54, 1.807) is 36.1 Å². The van der Waals surface area contributed by atoms with Crippen molar-refractivity contribution in [2.45, 2.75) is 31.8 Å². The van der Waals surface area contributed by atoms with Gasteiger partial charge in [0, 0.05) is 11.7 Å². The maximum absolute atomic E-state index is 13.1. The number of nitrogens with one attached hydrogen (secondary N) is 1. The van der Waals surface area contributed by atoms with Gasteiger partial charge in [-0.25, -0.2) is 4.79 Å². The van der Waals surface area contributed by atoms with Crippen molar-refractivity contribution in [1.82, 2.24) is 10.2 Å². The zero-order valence-electron chi connectivity index (χ0n) is 16.2. The van der Waals surface area contributed by atoms with Gasteiger partial charge in [0.25, 0.3) is 5.91 Å². The lowest BCUT2D eigenvalue weighted by atomic mass is 9.91. The van der Waals surface area contributed by atoms with Gasteiger partial charge >= 0.3 is 6.03 Å². The molecule has 2 heterocycles. The molecule has 4 rings (SSSR count). The lowest BCUT2D eigenvalue weighted by Gasteiger charge is -2.25. The number of para-hydroxylation sites is 1. The fourth-order valence-electron chi connectivity index (χ4n) is 4.07. The monoisotopic (exact) mass is 388 g/mol. The van der Waals surface area contributed by atoms with Gasteiger partial charge in [-0.1, -0.05) is 30.3 Å². The Labute approximate surface area is 168 Å². The van der Waals surface area contributed by atoms with Crippen molar-refractivity contribution in [3.05, 3.63) is 65.2 Å². The van der Waals surface area contributed by atoms with Gasteiger partial charge < -0.3 is 10.2 Å². The van der Waals surface area contributed by atoms with E-state index in [1.807, 2.05) is 37.3 Å². The highest BCUT2D eigenvalue weighted by Gasteiger charge is 2.50. The summed E-state index contributed by atoms with van der Waals surface area (Å²) in [7, 11) is 0. The number of fused-ring (bicyclic) bond motifs is 1. The molecule has 2 aromatic rings. The first-order chi connectivity index (χ1) is 13.8. The smallest absolute Gasteiger partial charge is 0.319 e. The number of nitrogens with zero attached hydrogens (tertiary/aromatic N) is 3. The highest BCUT2D eigenvalue weighted by atomic mass is 16.2. The van der Waals surface area contributed by atoms with Crippen LogP contribution in [0.1, 0.15) is 30.5 Å². The minimum Gasteiger partial charge on any atom is -0.319 e. The molecule has 0 saturated carbocycles. The summed E-state index contributed by atoms with van der Waals surface area (Å²) in [6.07, 6.45) is 0.741. The number of anilines is 1. The molecular weight excluding hydrogens is 368 g/mol. The van der Waals surface area contributed by atoms with E-state index in [0.29, 0.717) is 11.1 Å². The Morgan fingerprint density at radius 1 is 1.21 bits per heavy atom. The second kappa shape index (κ2) is 6.74. The summed E-state index contributed by atoms with van der Waals surface area (Å²) >= 11 is 0. The van der Waals surface area contributed by atoms with E-state index >= 15 is 0 Å². The number of benzene rings is 2. The number of amides is 4. The Bertz CT molecular complexity index is 1060. The number of carbonyl (C=O) groups excluding carboxylic acids is 3. The van der Waals surface area contributed by atoms with E-state index in [2.05, 4.69) is 5.32 Å². The number of nitriles is 1. The number of hydrogen-bond acceptors (Lipinski definition) is 4. The summed E-state index contributed by atoms with van der Waals surface area (Å²) in [5.41, 5.74) is 1.65. The minimum atomic E-state index is -1.28. The van der Waals surface area contributed by atoms with Crippen LogP contribution >= 0.6 is 0 Å². The summed E-state index contributed by atoms with van der Waals surface area (Å²) in [6.45, 7) is 3.23. The van der Waals surface area contributed by atoms with Gasteiger partial charge in [-0.05, 0) is 49.6 Å². The third-order valence-electron chi connectivity index (χ3n) is 5.64. The summed E-state index contributed by atoms with van der Waals surface area (Å²) < 4.78 is 0. The number of rotatable bonds is 3. The SMILES string of the molecule is C[C@H]1Cc2ccccc2N1C(=O)CN1C(=O)N[C@](C)(c2ccc(C#N)cc2)C1=O. The van der Waals surface area contributed by atoms with Crippen molar-refractivity contribution in [2.75, 3.05) is 11.4 Å². The summed E-state index contributed by atoms with van der Waals surface area (Å²) in [5.74, 6) is -0.782. The minimum absolute atomic E-state index is 0.0365. The fourth-order valence-corrected chi connectivity index (χ4v) is 4.07. The van der Waals surface area contributed by atoms with Crippen molar-refractivity contribution in [3.63, 3.8) is 0 Å². The molecule has 29 heavy (non-hydrogen) atoms. The second-order valence-corrected chi connectivity index (χ2v) is 7.58. The van der Waals surface area contributed by atoms with Crippen molar-refractivity contribution in [2.24, 2.45) is 0 Å². The van der Waals surface area contributed by atoms with E-state index in [1.165, 1.54) is 0 Å². The Kier molecular flexibility index (Phi) is 4.35. The van der Waals surface area contributed by atoms with Crippen LogP contribution in [0, 0.1) is 11.3 Å². The van der Waals surface area contributed by atoms with Crippen LogP contribution in [0.4, 0.5) is 10.5 Å². The largest absolute Gasteiger partial charge is 0.325 e. The molecule has 0 bridgehead atoms. The molecule has 4 amide bonds. The molecule has 7 heteroatoms. The van der Waals surface area contributed by atoms with Crippen LogP contribution < -0.4 is 10.2 Å². The first-order valence-electron chi connectivity index (χ1n) is 9.40. The van der Waals surface area contributed by atoms with Crippen LogP contribution in [-0.4, -0.2) is 35.3 Å². The average Bonchev–Trinajstić information content (AvgIpc) is 3.16. The van der Waals surface area contributed by atoms with Crippen molar-refractivity contribution >= 4 is 23.5 Å². The molecule has 2 atom stereocenters. The molecule has 0 unspecified atom stereocenters. The average molecular weight is 388 g/mol. The lowest BCUT2D eigenvalue weighted by molar-refractivity contribution is -0.134. The van der Waals surface area contributed by atoms with Gasteiger partial charge in [0.1, 0.15) is 12.1 Å². The molecule has 146 valence electrons. The molecule has 1 saturated heterocycles. The van der Waals surface area contributed by atoms with Gasteiger partial charge in [-0.3, -0.25) is 14.5 Å². The normalized spacial score (nSPS) is 23.0. The van der Waals surface area contributed by atoms with Crippen molar-refractivity contribution < 1.29 is 14.4 Å². The van der Waals surface area contributed by atoms with Crippen LogP contribution in [-0.2, 0) is 21.5 Å². The summed E-state index contributed by atoms with van der Waals surface area (Å²) in [6, 6.07) is 15.5. The quantitative estimate of drug-likeness (QED) is 0.817. The van der Waals surface area contributed by atoms with Gasteiger partial charge in [0.2, 0.25) is 5.91 Å². The number of hydrogen-bond donors (Lipinski definition) is 1. The summed E-state index contributed by atoms with van der Waals surface area (Å²) in [4.78, 5) is 41.3. The van der Waals surface area contributed by atoms with E-state index in [4.69, 9.17) is 5.26 Å². The molecule has 1 fully saturated rings. The zero-order valence-corrected chi connectivity index (χ0v) is 16.2. The maximum Gasteiger partial charge on any atom is 0.325 e. The standard InChI is InChI=1S/C22H20N4O3/c1-14-11-16-5-3-4-6-18(16)26(14)19(27)13-25-20(28)22(2,24-21(25)29)17-9-7-15(12-23)8-10-17/h3-10,14H,11,13H2,1-2H3,(H,24,29)/t14-,22+/m0/s1. The second-order valence-electron chi connectivity index (χ2n) is 7.58. The van der Waals surface area contributed by atoms with E-state index in [0.717, 1.165) is 22.6 Å². The van der Waals surface area contributed by atoms with E-state index in [-0.39, 0.29) is 18.5 Å². The lowest BCUT2D eigenvalue weighted by Crippen LogP contribution is -2.46. The molecular formula is C22H20N4O3. The number of urea groups is 1. The van der Waals surface area contributed by atoms with E-state index in [9.17, 15) is 14.4 Å². The van der Waals surface area contributed by atoms with Crippen LogP contribution in [0.15, 0.2) is 48.5 Å². The van der Waals surface area contributed by atoms with Crippen LogP contribution in [0.2, 0.25) is 0 Å². The molecule has 7 nitrogen and oxygen atoms in total. The summed E-state index contributed by atoms with van der Waals surface area (Å²) in [5, 5.41) is 11.6. The fraction of sp³-hybridized carbons (Fsp3) is 0.273. The Balaban J connectivity index is 1.57. The molecule has 0 aromatic heterocycles. The first-order valence-corrected chi connectivity index (χ1v) is 9.40. The predicted octanol–water partition coefficient (Wildman–Crippen LogP) is 2.30. The molecule has 2 aliphatic heterocycles. The van der Waals surface area contributed by atoms with Crippen LogP contribution in [0.5, 0.6) is 0 Å². The van der Waals surface area contributed by atoms with E-state index < -0.39 is 17.5 Å². The van der Waals surface area contributed by atoms with Crippen LogP contribution in [0.25, 0.3) is 0 Å². The zero-order chi connectivity index (χ0) is 20.8. The molecule has 0 aliphatic carbocycles. The Morgan fingerprint density at radius 3 is 2.59 bits per heavy atom. The maximum atomic E-state index is 13.1. The molecule has 1 N–H and O–H groups in total. The van der Waals surface area contributed by atoms with Crippen LogP contribution in [0.3, 0.4) is 0 Å². The highest BCUT2D eigenvalue weighted by molar-refractivity contribution is 6.10. The van der Waals surface area contributed by atoms with Gasteiger partial charge in [-0.15, -0.1) is 0 Å². The molecule has 2 aliphatic rings. The number of imide groups is 1. The highest BCUT2D eigenvalue weighted by Crippen LogP contribution is 2.33. The van der Waals surface area contributed by atoms with Gasteiger partial charge in [0.05, 0.1) is 11.6 Å². The first kappa shape index (κ1) is 18.7. The number of carbonyl (C=O) groups is 3. The Hall–Kier alpha value is -3.66. The third kappa shape index (κ3) is 2.93. The molecule has 0 spiro atoms. The van der Waals surface area contributed by atoms with Crippen molar-refractivity contribution in [1.29, 1.82) is 5.26 Å². The van der Waals surface area contributed by atoms with Gasteiger partial charge in [0.15, 0.2) is 0 Å².